The number of carbonyl (C=O) groups is 3. The van der Waals surface area contributed by atoms with Gasteiger partial charge in [-0.25, -0.2) is 4.79 Å². The number of hydrogen-bond donors (Lipinski definition) is 1. The highest BCUT2D eigenvalue weighted by atomic mass is 16.5. The molecule has 0 atom stereocenters. The van der Waals surface area contributed by atoms with Crippen LogP contribution in [0, 0.1) is 5.41 Å². The number of amides is 2. The fourth-order valence-corrected chi connectivity index (χ4v) is 2.01. The van der Waals surface area contributed by atoms with Crippen molar-refractivity contribution in [3.63, 3.8) is 0 Å². The first-order chi connectivity index (χ1) is 11.7. The van der Waals surface area contributed by atoms with Gasteiger partial charge < -0.3 is 15.0 Å². The molecular formula is C19H28N2O4. The second-order valence-electron chi connectivity index (χ2n) is 6.90. The first kappa shape index (κ1) is 20.7. The fraction of sp³-hybridized carbons (Fsp3) is 0.526. The number of ketones is 1. The van der Waals surface area contributed by atoms with Crippen molar-refractivity contribution in [2.24, 2.45) is 5.41 Å². The molecule has 1 rings (SSSR count). The Morgan fingerprint density at radius 1 is 1.12 bits per heavy atom. The molecule has 0 heterocycles. The number of benzene rings is 1. The molecule has 6 heteroatoms. The molecule has 2 amide bonds. The zero-order chi connectivity index (χ0) is 18.9. The highest BCUT2D eigenvalue weighted by Gasteiger charge is 2.25. The number of nitrogens with one attached hydrogen (secondary N) is 1. The zero-order valence-electron chi connectivity index (χ0n) is 15.5. The lowest BCUT2D eigenvalue weighted by atomic mass is 9.90. The Labute approximate surface area is 149 Å². The summed E-state index contributed by atoms with van der Waals surface area (Å²) in [7, 11) is 0. The first-order valence-corrected chi connectivity index (χ1v) is 8.49. The van der Waals surface area contributed by atoms with Crippen molar-refractivity contribution < 1.29 is 19.1 Å². The van der Waals surface area contributed by atoms with Crippen molar-refractivity contribution in [1.82, 2.24) is 10.2 Å². The first-order valence-electron chi connectivity index (χ1n) is 8.49. The number of Topliss-reactive ketones (excluding diaryl/α,β-unsaturated/α-hetero) is 1. The van der Waals surface area contributed by atoms with Crippen LogP contribution in [0.2, 0.25) is 0 Å². The quantitative estimate of drug-likeness (QED) is 0.784. The van der Waals surface area contributed by atoms with E-state index in [0.29, 0.717) is 6.54 Å². The summed E-state index contributed by atoms with van der Waals surface area (Å²) >= 11 is 0. The monoisotopic (exact) mass is 348 g/mol. The minimum Gasteiger partial charge on any atom is -0.445 e. The molecule has 0 aliphatic carbocycles. The van der Waals surface area contributed by atoms with Gasteiger partial charge in [0.1, 0.15) is 13.2 Å². The van der Waals surface area contributed by atoms with Crippen LogP contribution < -0.4 is 5.32 Å². The highest BCUT2D eigenvalue weighted by molar-refractivity contribution is 5.90. The average Bonchev–Trinajstić information content (AvgIpc) is 2.57. The standard InChI is InChI=1S/C19H28N2O4/c1-5-11-21(13-16(22)19(2,3)4)17(23)12-20-18(24)25-14-15-9-7-6-8-10-15/h6-10H,5,11-14H2,1-4H3,(H,20,24). The van der Waals surface area contributed by atoms with E-state index in [9.17, 15) is 14.4 Å². The van der Waals surface area contributed by atoms with Crippen LogP contribution in [0.5, 0.6) is 0 Å². The van der Waals surface area contributed by atoms with Gasteiger partial charge in [-0.2, -0.15) is 0 Å². The van der Waals surface area contributed by atoms with Crippen LogP contribution >= 0.6 is 0 Å². The van der Waals surface area contributed by atoms with Crippen LogP contribution in [0.3, 0.4) is 0 Å². The third kappa shape index (κ3) is 7.83. The number of ether oxygens (including phenoxy) is 1. The molecule has 0 aliphatic rings. The van der Waals surface area contributed by atoms with Crippen molar-refractivity contribution in [3.05, 3.63) is 35.9 Å². The molecule has 25 heavy (non-hydrogen) atoms. The minimum absolute atomic E-state index is 0.0130. The normalized spacial score (nSPS) is 10.9. The molecule has 1 aromatic carbocycles. The van der Waals surface area contributed by atoms with Crippen LogP contribution in [0.4, 0.5) is 4.79 Å². The minimum atomic E-state index is -0.657. The highest BCUT2D eigenvalue weighted by Crippen LogP contribution is 2.15. The Bertz CT molecular complexity index is 579. The van der Waals surface area contributed by atoms with Gasteiger partial charge in [0.15, 0.2) is 5.78 Å². The van der Waals surface area contributed by atoms with E-state index in [1.165, 1.54) is 4.90 Å². The van der Waals surface area contributed by atoms with E-state index in [2.05, 4.69) is 5.32 Å². The van der Waals surface area contributed by atoms with Crippen molar-refractivity contribution in [2.45, 2.75) is 40.7 Å². The predicted octanol–water partition coefficient (Wildman–Crippen LogP) is 2.77. The van der Waals surface area contributed by atoms with Gasteiger partial charge in [-0.05, 0) is 12.0 Å². The van der Waals surface area contributed by atoms with Gasteiger partial charge in [0, 0.05) is 12.0 Å². The van der Waals surface area contributed by atoms with Crippen molar-refractivity contribution in [1.29, 1.82) is 0 Å². The Kier molecular flexibility index (Phi) is 8.11. The second kappa shape index (κ2) is 9.81. The van der Waals surface area contributed by atoms with Gasteiger partial charge >= 0.3 is 6.09 Å². The Balaban J connectivity index is 2.45. The summed E-state index contributed by atoms with van der Waals surface area (Å²) < 4.78 is 5.07. The molecule has 0 bridgehead atoms. The lowest BCUT2D eigenvalue weighted by Crippen LogP contribution is -2.45. The average molecular weight is 348 g/mol. The van der Waals surface area contributed by atoms with Gasteiger partial charge in [-0.15, -0.1) is 0 Å². The Hall–Kier alpha value is -2.37. The summed E-state index contributed by atoms with van der Waals surface area (Å²) in [6, 6.07) is 9.28. The molecule has 0 saturated carbocycles. The van der Waals surface area contributed by atoms with E-state index < -0.39 is 11.5 Å². The molecule has 0 saturated heterocycles. The molecule has 0 radical (unpaired) electrons. The Morgan fingerprint density at radius 2 is 1.76 bits per heavy atom. The van der Waals surface area contributed by atoms with Gasteiger partial charge in [0.05, 0.1) is 6.54 Å². The number of rotatable bonds is 8. The summed E-state index contributed by atoms with van der Waals surface area (Å²) in [5, 5.41) is 2.44. The van der Waals surface area contributed by atoms with Crippen molar-refractivity contribution >= 4 is 17.8 Å². The van der Waals surface area contributed by atoms with E-state index in [-0.39, 0.29) is 31.4 Å². The third-order valence-electron chi connectivity index (χ3n) is 3.61. The maximum absolute atomic E-state index is 12.3. The number of nitrogens with zero attached hydrogens (tertiary/aromatic N) is 1. The topological polar surface area (TPSA) is 75.7 Å². The summed E-state index contributed by atoms with van der Waals surface area (Å²) in [5.41, 5.74) is 0.362. The summed E-state index contributed by atoms with van der Waals surface area (Å²) in [6.45, 7) is 7.88. The molecular weight excluding hydrogens is 320 g/mol. The van der Waals surface area contributed by atoms with Gasteiger partial charge in [0.25, 0.3) is 0 Å². The SMILES string of the molecule is CCCN(CC(=O)C(C)(C)C)C(=O)CNC(=O)OCc1ccccc1. The maximum atomic E-state index is 12.3. The summed E-state index contributed by atoms with van der Waals surface area (Å²) in [6.07, 6.45) is 0.0810. The molecule has 0 unspecified atom stereocenters. The van der Waals surface area contributed by atoms with Crippen LogP contribution in [-0.4, -0.2) is 42.3 Å². The van der Waals surface area contributed by atoms with E-state index >= 15 is 0 Å². The fourth-order valence-electron chi connectivity index (χ4n) is 2.01. The lowest BCUT2D eigenvalue weighted by molar-refractivity contribution is -0.137. The van der Waals surface area contributed by atoms with E-state index in [4.69, 9.17) is 4.74 Å². The molecule has 6 nitrogen and oxygen atoms in total. The van der Waals surface area contributed by atoms with Gasteiger partial charge in [-0.1, -0.05) is 58.0 Å². The Morgan fingerprint density at radius 3 is 2.32 bits per heavy atom. The largest absolute Gasteiger partial charge is 0.445 e. The molecule has 0 aliphatic heterocycles. The van der Waals surface area contributed by atoms with E-state index in [1.807, 2.05) is 58.0 Å². The second-order valence-corrected chi connectivity index (χ2v) is 6.90. The zero-order valence-corrected chi connectivity index (χ0v) is 15.5. The predicted molar refractivity (Wildman–Crippen MR) is 96.0 cm³/mol. The maximum Gasteiger partial charge on any atom is 0.407 e. The van der Waals surface area contributed by atoms with Crippen molar-refractivity contribution in [3.8, 4) is 0 Å². The van der Waals surface area contributed by atoms with Crippen LogP contribution in [0.15, 0.2) is 30.3 Å². The molecule has 0 aromatic heterocycles. The van der Waals surface area contributed by atoms with E-state index in [1.54, 1.807) is 0 Å². The van der Waals surface area contributed by atoms with Crippen LogP contribution in [0.25, 0.3) is 0 Å². The van der Waals surface area contributed by atoms with Crippen LogP contribution in [-0.2, 0) is 20.9 Å². The molecule has 0 spiro atoms. The smallest absolute Gasteiger partial charge is 0.407 e. The number of alkyl carbamates (subject to hydrolysis) is 1. The molecule has 0 fully saturated rings. The molecule has 1 N–H and O–H groups in total. The van der Waals surface area contributed by atoms with Crippen molar-refractivity contribution in [2.75, 3.05) is 19.6 Å². The van der Waals surface area contributed by atoms with Gasteiger partial charge in [-0.3, -0.25) is 9.59 Å². The number of hydrogen-bond acceptors (Lipinski definition) is 4. The summed E-state index contributed by atoms with van der Waals surface area (Å²) in [4.78, 5) is 37.6. The number of carbonyl (C=O) groups excluding carboxylic acids is 3. The summed E-state index contributed by atoms with van der Waals surface area (Å²) in [5.74, 6) is -0.308. The molecule has 1 aromatic rings. The van der Waals surface area contributed by atoms with E-state index in [0.717, 1.165) is 12.0 Å². The molecule has 138 valence electrons. The lowest BCUT2D eigenvalue weighted by Gasteiger charge is -2.25. The third-order valence-corrected chi connectivity index (χ3v) is 3.61. The van der Waals surface area contributed by atoms with Crippen LogP contribution in [0.1, 0.15) is 39.7 Å². The van der Waals surface area contributed by atoms with Gasteiger partial charge in [0.2, 0.25) is 5.91 Å².